The highest BCUT2D eigenvalue weighted by Crippen LogP contribution is 2.26. The lowest BCUT2D eigenvalue weighted by Crippen LogP contribution is -2.19. The first-order valence-corrected chi connectivity index (χ1v) is 8.51. The predicted octanol–water partition coefficient (Wildman–Crippen LogP) is 2.42. The first-order valence-electron chi connectivity index (χ1n) is 8.51. The average Bonchev–Trinajstić information content (AvgIpc) is 3.24. The third-order valence-electron chi connectivity index (χ3n) is 4.14. The summed E-state index contributed by atoms with van der Waals surface area (Å²) in [6.45, 7) is 0.0801. The van der Waals surface area contributed by atoms with Gasteiger partial charge in [0.1, 0.15) is 0 Å². The van der Waals surface area contributed by atoms with Gasteiger partial charge in [-0.25, -0.2) is 4.98 Å². The van der Waals surface area contributed by atoms with E-state index < -0.39 is 5.91 Å². The summed E-state index contributed by atoms with van der Waals surface area (Å²) >= 11 is 0. The lowest BCUT2D eigenvalue weighted by Gasteiger charge is -2.07. The number of nitrogens with two attached hydrogens (primary N) is 2. The maximum atomic E-state index is 11.6. The standard InChI is InChI=1S/C20H16N6O2/c21-10-15-17(18(22)27)24-16(11-23-15)13-7-4-8-14(9-13)19-25-20(28-26-19)12-5-2-1-3-6-12/h1-9,11H,10,21H2,(H2,22,27). The number of carbonyl (C=O) groups excluding carboxylic acids is 1. The first-order chi connectivity index (χ1) is 13.7. The smallest absolute Gasteiger partial charge is 0.269 e. The molecule has 0 unspecified atom stereocenters. The fraction of sp³-hybridized carbons (Fsp3) is 0.0500. The van der Waals surface area contributed by atoms with Crippen LogP contribution >= 0.6 is 0 Å². The van der Waals surface area contributed by atoms with E-state index in [1.165, 1.54) is 0 Å². The molecule has 0 radical (unpaired) electrons. The van der Waals surface area contributed by atoms with E-state index in [1.807, 2.05) is 54.6 Å². The number of nitrogens with zero attached hydrogens (tertiary/aromatic N) is 4. The maximum absolute atomic E-state index is 11.6. The Morgan fingerprint density at radius 2 is 1.71 bits per heavy atom. The molecular weight excluding hydrogens is 356 g/mol. The molecule has 8 nitrogen and oxygen atoms in total. The van der Waals surface area contributed by atoms with Crippen molar-refractivity contribution in [3.63, 3.8) is 0 Å². The largest absolute Gasteiger partial charge is 0.364 e. The van der Waals surface area contributed by atoms with Crippen molar-refractivity contribution < 1.29 is 9.32 Å². The van der Waals surface area contributed by atoms with Gasteiger partial charge in [0.2, 0.25) is 5.82 Å². The van der Waals surface area contributed by atoms with Gasteiger partial charge in [-0.3, -0.25) is 9.78 Å². The van der Waals surface area contributed by atoms with Crippen LogP contribution in [0.5, 0.6) is 0 Å². The Kier molecular flexibility index (Phi) is 4.61. The van der Waals surface area contributed by atoms with Crippen LogP contribution in [0.4, 0.5) is 0 Å². The minimum absolute atomic E-state index is 0.0660. The molecule has 0 fully saturated rings. The highest BCUT2D eigenvalue weighted by molar-refractivity contribution is 5.92. The molecule has 0 aliphatic rings. The van der Waals surface area contributed by atoms with E-state index in [0.29, 0.717) is 23.1 Å². The zero-order chi connectivity index (χ0) is 19.5. The zero-order valence-corrected chi connectivity index (χ0v) is 14.7. The second kappa shape index (κ2) is 7.37. The third-order valence-corrected chi connectivity index (χ3v) is 4.14. The van der Waals surface area contributed by atoms with Crippen molar-refractivity contribution in [2.45, 2.75) is 6.54 Å². The minimum Gasteiger partial charge on any atom is -0.364 e. The summed E-state index contributed by atoms with van der Waals surface area (Å²) in [6.07, 6.45) is 1.55. The van der Waals surface area contributed by atoms with Crippen molar-refractivity contribution in [2.24, 2.45) is 11.5 Å². The summed E-state index contributed by atoms with van der Waals surface area (Å²) in [4.78, 5) is 24.6. The number of carbonyl (C=O) groups is 1. The maximum Gasteiger partial charge on any atom is 0.269 e. The second-order valence-electron chi connectivity index (χ2n) is 5.99. The molecule has 138 valence electrons. The lowest BCUT2D eigenvalue weighted by atomic mass is 10.1. The quantitative estimate of drug-likeness (QED) is 0.549. The summed E-state index contributed by atoms with van der Waals surface area (Å²) in [5.74, 6) is 0.211. The normalized spacial score (nSPS) is 10.8. The van der Waals surface area contributed by atoms with Crippen molar-refractivity contribution in [3.8, 4) is 34.1 Å². The Morgan fingerprint density at radius 1 is 0.964 bits per heavy atom. The molecule has 0 saturated carbocycles. The number of rotatable bonds is 5. The molecule has 2 aromatic carbocycles. The van der Waals surface area contributed by atoms with Crippen molar-refractivity contribution in [1.29, 1.82) is 0 Å². The van der Waals surface area contributed by atoms with Gasteiger partial charge in [0.15, 0.2) is 5.69 Å². The molecule has 0 bridgehead atoms. The summed E-state index contributed by atoms with van der Waals surface area (Å²) < 4.78 is 5.37. The van der Waals surface area contributed by atoms with Gasteiger partial charge < -0.3 is 16.0 Å². The topological polar surface area (TPSA) is 134 Å². The number of aromatic nitrogens is 4. The van der Waals surface area contributed by atoms with Crippen LogP contribution in [-0.2, 0) is 6.54 Å². The van der Waals surface area contributed by atoms with E-state index in [0.717, 1.165) is 16.7 Å². The Morgan fingerprint density at radius 3 is 2.46 bits per heavy atom. The Labute approximate surface area is 160 Å². The molecule has 8 heteroatoms. The highest BCUT2D eigenvalue weighted by Gasteiger charge is 2.14. The van der Waals surface area contributed by atoms with Crippen molar-refractivity contribution >= 4 is 5.91 Å². The van der Waals surface area contributed by atoms with Gasteiger partial charge in [-0.2, -0.15) is 4.98 Å². The summed E-state index contributed by atoms with van der Waals surface area (Å²) in [6, 6.07) is 16.9. The Bertz CT molecular complexity index is 1140. The third kappa shape index (κ3) is 3.36. The number of hydrogen-bond acceptors (Lipinski definition) is 7. The van der Waals surface area contributed by atoms with Gasteiger partial charge in [0, 0.05) is 23.2 Å². The molecule has 2 heterocycles. The van der Waals surface area contributed by atoms with Crippen LogP contribution in [0.25, 0.3) is 34.1 Å². The monoisotopic (exact) mass is 372 g/mol. The number of amides is 1. The highest BCUT2D eigenvalue weighted by atomic mass is 16.5. The molecule has 0 spiro atoms. The number of hydrogen-bond donors (Lipinski definition) is 2. The van der Waals surface area contributed by atoms with Crippen LogP contribution < -0.4 is 11.5 Å². The zero-order valence-electron chi connectivity index (χ0n) is 14.7. The van der Waals surface area contributed by atoms with Crippen LogP contribution in [0.2, 0.25) is 0 Å². The summed E-state index contributed by atoms with van der Waals surface area (Å²) in [7, 11) is 0. The van der Waals surface area contributed by atoms with E-state index in [4.69, 9.17) is 16.0 Å². The molecule has 0 saturated heterocycles. The van der Waals surface area contributed by atoms with Crippen LogP contribution in [0.1, 0.15) is 16.2 Å². The van der Waals surface area contributed by atoms with Crippen LogP contribution in [-0.4, -0.2) is 26.0 Å². The van der Waals surface area contributed by atoms with Gasteiger partial charge in [0.05, 0.1) is 17.6 Å². The molecular formula is C20H16N6O2. The molecule has 2 aromatic heterocycles. The Balaban J connectivity index is 1.70. The fourth-order valence-corrected chi connectivity index (χ4v) is 2.76. The minimum atomic E-state index is -0.670. The Hall–Kier alpha value is -3.91. The second-order valence-corrected chi connectivity index (χ2v) is 5.99. The SMILES string of the molecule is NCc1ncc(-c2cccc(-c3noc(-c4ccccc4)n3)c2)nc1C(N)=O. The molecule has 0 aliphatic carbocycles. The molecule has 28 heavy (non-hydrogen) atoms. The molecule has 1 amide bonds. The molecule has 4 rings (SSSR count). The van der Waals surface area contributed by atoms with E-state index in [2.05, 4.69) is 20.1 Å². The van der Waals surface area contributed by atoms with Crippen molar-refractivity contribution in [2.75, 3.05) is 0 Å². The van der Waals surface area contributed by atoms with E-state index >= 15 is 0 Å². The summed E-state index contributed by atoms with van der Waals surface area (Å²) in [5.41, 5.74) is 14.2. The number of benzene rings is 2. The van der Waals surface area contributed by atoms with Gasteiger partial charge in [-0.15, -0.1) is 0 Å². The van der Waals surface area contributed by atoms with Gasteiger partial charge in [-0.05, 0) is 18.2 Å². The van der Waals surface area contributed by atoms with Crippen LogP contribution in [0.3, 0.4) is 0 Å². The first kappa shape index (κ1) is 17.5. The molecule has 0 atom stereocenters. The van der Waals surface area contributed by atoms with Crippen LogP contribution in [0.15, 0.2) is 65.3 Å². The van der Waals surface area contributed by atoms with Crippen molar-refractivity contribution in [1.82, 2.24) is 20.1 Å². The molecule has 0 aliphatic heterocycles. The van der Waals surface area contributed by atoms with E-state index in [1.54, 1.807) is 6.20 Å². The molecule has 4 N–H and O–H groups in total. The lowest BCUT2D eigenvalue weighted by molar-refractivity contribution is 0.0994. The van der Waals surface area contributed by atoms with Crippen LogP contribution in [0, 0.1) is 0 Å². The van der Waals surface area contributed by atoms with E-state index in [9.17, 15) is 4.79 Å². The fourth-order valence-electron chi connectivity index (χ4n) is 2.76. The van der Waals surface area contributed by atoms with Gasteiger partial charge in [0.25, 0.3) is 11.8 Å². The van der Waals surface area contributed by atoms with Gasteiger partial charge in [-0.1, -0.05) is 41.6 Å². The number of primary amides is 1. The van der Waals surface area contributed by atoms with E-state index in [-0.39, 0.29) is 12.2 Å². The predicted molar refractivity (Wildman–Crippen MR) is 103 cm³/mol. The average molecular weight is 372 g/mol. The van der Waals surface area contributed by atoms with Gasteiger partial charge >= 0.3 is 0 Å². The van der Waals surface area contributed by atoms with Crippen molar-refractivity contribution in [3.05, 3.63) is 72.2 Å². The summed E-state index contributed by atoms with van der Waals surface area (Å²) in [5, 5.41) is 4.06. The molecule has 4 aromatic rings.